The summed E-state index contributed by atoms with van der Waals surface area (Å²) in [6.07, 6.45) is 0. The second-order valence-corrected chi connectivity index (χ2v) is 8.19. The molecule has 0 bridgehead atoms. The van der Waals surface area contributed by atoms with Crippen LogP contribution in [0.3, 0.4) is 0 Å². The molecule has 154 valence electrons. The fourth-order valence-corrected chi connectivity index (χ4v) is 2.91. The van der Waals surface area contributed by atoms with Crippen molar-refractivity contribution in [3.63, 3.8) is 0 Å². The highest BCUT2D eigenvalue weighted by Crippen LogP contribution is 2.22. The summed E-state index contributed by atoms with van der Waals surface area (Å²) in [6, 6.07) is 12.5. The fourth-order valence-electron chi connectivity index (χ4n) is 2.91. The van der Waals surface area contributed by atoms with Crippen LogP contribution >= 0.6 is 0 Å². The molecule has 3 amide bonds. The second-order valence-electron chi connectivity index (χ2n) is 8.19. The van der Waals surface area contributed by atoms with E-state index in [-0.39, 0.29) is 29.0 Å². The van der Waals surface area contributed by atoms with Crippen molar-refractivity contribution < 1.29 is 14.4 Å². The normalized spacial score (nSPS) is 11.3. The number of nitrogens with one attached hydrogen (secondary N) is 1. The van der Waals surface area contributed by atoms with Gasteiger partial charge in [-0.15, -0.1) is 0 Å². The van der Waals surface area contributed by atoms with E-state index in [1.165, 1.54) is 23.8 Å². The van der Waals surface area contributed by atoms with Crippen molar-refractivity contribution in [2.75, 3.05) is 18.9 Å². The predicted molar refractivity (Wildman–Crippen MR) is 114 cm³/mol. The smallest absolute Gasteiger partial charge is 0.248 e. The number of benzene rings is 2. The lowest BCUT2D eigenvalue weighted by molar-refractivity contribution is -0.117. The first kappa shape index (κ1) is 22.1. The zero-order chi connectivity index (χ0) is 21.8. The Hall–Kier alpha value is -3.19. The summed E-state index contributed by atoms with van der Waals surface area (Å²) in [6.45, 7) is 7.22. The van der Waals surface area contributed by atoms with Crippen LogP contribution in [0.5, 0.6) is 0 Å². The number of primary amides is 2. The molecule has 2 aromatic carbocycles. The molecule has 0 saturated carbocycles. The van der Waals surface area contributed by atoms with Gasteiger partial charge in [0.2, 0.25) is 17.7 Å². The number of carbonyl (C=O) groups is 3. The Morgan fingerprint density at radius 3 is 1.90 bits per heavy atom. The quantitative estimate of drug-likeness (QED) is 0.665. The number of anilines is 1. The molecule has 0 atom stereocenters. The monoisotopic (exact) mass is 396 g/mol. The molecule has 0 spiro atoms. The molecule has 5 N–H and O–H groups in total. The summed E-state index contributed by atoms with van der Waals surface area (Å²) in [7, 11) is 1.84. The molecule has 0 heterocycles. The minimum absolute atomic E-state index is 0.0908. The summed E-state index contributed by atoms with van der Waals surface area (Å²) in [5.74, 6) is -1.70. The Balaban J connectivity index is 2.01. The maximum absolute atomic E-state index is 12.4. The topological polar surface area (TPSA) is 119 Å². The van der Waals surface area contributed by atoms with E-state index in [4.69, 9.17) is 11.5 Å². The maximum atomic E-state index is 12.4. The van der Waals surface area contributed by atoms with Crippen molar-refractivity contribution in [3.8, 4) is 0 Å². The van der Waals surface area contributed by atoms with Crippen LogP contribution in [0.1, 0.15) is 52.6 Å². The number of hydrogen-bond acceptors (Lipinski definition) is 4. The minimum Gasteiger partial charge on any atom is -0.366 e. The van der Waals surface area contributed by atoms with E-state index >= 15 is 0 Å². The van der Waals surface area contributed by atoms with E-state index in [0.717, 1.165) is 5.56 Å². The van der Waals surface area contributed by atoms with Gasteiger partial charge < -0.3 is 16.8 Å². The zero-order valence-corrected chi connectivity index (χ0v) is 17.3. The highest BCUT2D eigenvalue weighted by molar-refractivity contribution is 6.01. The van der Waals surface area contributed by atoms with Crippen LogP contribution in [0.25, 0.3) is 0 Å². The highest BCUT2D eigenvalue weighted by Gasteiger charge is 2.14. The van der Waals surface area contributed by atoms with Gasteiger partial charge in [0.15, 0.2) is 0 Å². The Labute approximate surface area is 171 Å². The molecule has 0 radical (unpaired) electrons. The van der Waals surface area contributed by atoms with E-state index in [1.807, 2.05) is 11.9 Å². The second kappa shape index (κ2) is 8.87. The summed E-state index contributed by atoms with van der Waals surface area (Å²) >= 11 is 0. The molecular formula is C22H28N4O3. The van der Waals surface area contributed by atoms with E-state index < -0.39 is 11.8 Å². The predicted octanol–water partition coefficient (Wildman–Crippen LogP) is 2.25. The third-order valence-electron chi connectivity index (χ3n) is 4.47. The molecule has 2 aromatic rings. The number of hydrogen-bond donors (Lipinski definition) is 3. The maximum Gasteiger partial charge on any atom is 0.248 e. The average Bonchev–Trinajstić information content (AvgIpc) is 2.60. The molecule has 0 fully saturated rings. The third kappa shape index (κ3) is 6.43. The van der Waals surface area contributed by atoms with Gasteiger partial charge in [-0.05, 0) is 41.8 Å². The molecule has 2 rings (SSSR count). The first-order valence-corrected chi connectivity index (χ1v) is 9.28. The lowest BCUT2D eigenvalue weighted by atomic mass is 9.87. The Morgan fingerprint density at radius 2 is 1.45 bits per heavy atom. The Bertz CT molecular complexity index is 882. The van der Waals surface area contributed by atoms with Crippen LogP contribution in [0, 0.1) is 0 Å². The molecule has 7 nitrogen and oxygen atoms in total. The van der Waals surface area contributed by atoms with Gasteiger partial charge in [0.1, 0.15) is 0 Å². The first-order valence-electron chi connectivity index (χ1n) is 9.28. The molecule has 0 aliphatic rings. The lowest BCUT2D eigenvalue weighted by Crippen LogP contribution is -2.30. The van der Waals surface area contributed by atoms with Gasteiger partial charge in [-0.1, -0.05) is 45.0 Å². The van der Waals surface area contributed by atoms with Crippen molar-refractivity contribution in [2.45, 2.75) is 32.7 Å². The van der Waals surface area contributed by atoms with Crippen LogP contribution in [0.4, 0.5) is 5.69 Å². The first-order chi connectivity index (χ1) is 13.5. The molecule has 0 aliphatic carbocycles. The van der Waals surface area contributed by atoms with E-state index in [9.17, 15) is 14.4 Å². The van der Waals surface area contributed by atoms with Crippen LogP contribution in [-0.4, -0.2) is 36.2 Å². The number of amides is 3. The fraction of sp³-hybridized carbons (Fsp3) is 0.318. The molecule has 0 unspecified atom stereocenters. The summed E-state index contributed by atoms with van der Waals surface area (Å²) in [5, 5.41) is 2.68. The summed E-state index contributed by atoms with van der Waals surface area (Å²) in [4.78, 5) is 37.1. The molecule has 29 heavy (non-hydrogen) atoms. The van der Waals surface area contributed by atoms with Crippen LogP contribution < -0.4 is 16.8 Å². The van der Waals surface area contributed by atoms with Gasteiger partial charge in [-0.3, -0.25) is 19.3 Å². The number of carbonyl (C=O) groups excluding carboxylic acids is 3. The Morgan fingerprint density at radius 1 is 0.931 bits per heavy atom. The summed E-state index contributed by atoms with van der Waals surface area (Å²) in [5.41, 5.74) is 13.5. The van der Waals surface area contributed by atoms with Gasteiger partial charge in [0, 0.05) is 23.4 Å². The summed E-state index contributed by atoms with van der Waals surface area (Å²) < 4.78 is 0. The van der Waals surface area contributed by atoms with Gasteiger partial charge >= 0.3 is 0 Å². The molecular weight excluding hydrogens is 368 g/mol. The van der Waals surface area contributed by atoms with Crippen molar-refractivity contribution in [2.24, 2.45) is 11.5 Å². The minimum atomic E-state index is -0.709. The largest absolute Gasteiger partial charge is 0.366 e. The standard InChI is InChI=1S/C22H28N4O3/c1-22(2,3)17-7-5-14(6-8-17)12-26(4)13-19(27)25-18-10-15(20(23)28)9-16(11-18)21(24)29/h5-11H,12-13H2,1-4H3,(H2,23,28)(H2,24,29)(H,25,27). The van der Waals surface area contributed by atoms with Crippen LogP contribution in [0.2, 0.25) is 0 Å². The van der Waals surface area contributed by atoms with Gasteiger partial charge in [-0.25, -0.2) is 0 Å². The van der Waals surface area contributed by atoms with Gasteiger partial charge in [0.05, 0.1) is 6.54 Å². The molecule has 7 heteroatoms. The highest BCUT2D eigenvalue weighted by atomic mass is 16.2. The van der Waals surface area contributed by atoms with E-state index in [1.54, 1.807) is 0 Å². The Kier molecular flexibility index (Phi) is 6.76. The molecule has 0 aliphatic heterocycles. The van der Waals surface area contributed by atoms with Crippen molar-refractivity contribution in [1.82, 2.24) is 4.90 Å². The van der Waals surface area contributed by atoms with Crippen LogP contribution in [-0.2, 0) is 16.8 Å². The van der Waals surface area contributed by atoms with Gasteiger partial charge in [-0.2, -0.15) is 0 Å². The van der Waals surface area contributed by atoms with Crippen molar-refractivity contribution in [1.29, 1.82) is 0 Å². The zero-order valence-electron chi connectivity index (χ0n) is 17.3. The molecule has 0 aromatic heterocycles. The van der Waals surface area contributed by atoms with E-state index in [0.29, 0.717) is 12.2 Å². The molecule has 0 saturated heterocycles. The van der Waals surface area contributed by atoms with E-state index in [2.05, 4.69) is 50.4 Å². The van der Waals surface area contributed by atoms with Crippen LogP contribution in [0.15, 0.2) is 42.5 Å². The van der Waals surface area contributed by atoms with Gasteiger partial charge in [0.25, 0.3) is 0 Å². The SMILES string of the molecule is CN(CC(=O)Nc1cc(C(N)=O)cc(C(N)=O)c1)Cc1ccc(C(C)(C)C)cc1. The van der Waals surface area contributed by atoms with Crippen molar-refractivity contribution >= 4 is 23.4 Å². The average molecular weight is 396 g/mol. The lowest BCUT2D eigenvalue weighted by Gasteiger charge is -2.20. The number of rotatable bonds is 7. The van der Waals surface area contributed by atoms with Crippen molar-refractivity contribution in [3.05, 3.63) is 64.7 Å². The number of nitrogens with zero attached hydrogens (tertiary/aromatic N) is 1. The third-order valence-corrected chi connectivity index (χ3v) is 4.47. The number of likely N-dealkylation sites (N-methyl/N-ethyl adjacent to an activating group) is 1. The number of nitrogens with two attached hydrogens (primary N) is 2.